The van der Waals surface area contributed by atoms with Crippen LogP contribution >= 0.6 is 23.1 Å². The van der Waals surface area contributed by atoms with Crippen LogP contribution in [0.1, 0.15) is 44.6 Å². The maximum Gasteiger partial charge on any atom is 0.213 e. The highest BCUT2D eigenvalue weighted by molar-refractivity contribution is 8.01. The molecule has 0 atom stereocenters. The number of fused-ring (bicyclic) bond motifs is 2. The molecule has 0 bridgehead atoms. The van der Waals surface area contributed by atoms with E-state index < -0.39 is 0 Å². The van der Waals surface area contributed by atoms with Crippen LogP contribution in [0.25, 0.3) is 0 Å². The van der Waals surface area contributed by atoms with Gasteiger partial charge in [0.1, 0.15) is 10.6 Å². The first-order chi connectivity index (χ1) is 9.22. The number of rotatable bonds is 3. The van der Waals surface area contributed by atoms with Crippen LogP contribution in [0.3, 0.4) is 0 Å². The molecule has 1 aromatic carbocycles. The van der Waals surface area contributed by atoms with Gasteiger partial charge in [-0.15, -0.1) is 11.3 Å². The smallest absolute Gasteiger partial charge is 0.213 e. The van der Waals surface area contributed by atoms with E-state index in [1.165, 1.54) is 11.3 Å². The van der Waals surface area contributed by atoms with Crippen LogP contribution in [0.2, 0.25) is 0 Å². The average molecular weight is 289 g/mol. The van der Waals surface area contributed by atoms with E-state index >= 15 is 0 Å². The lowest BCUT2D eigenvalue weighted by Crippen LogP contribution is -2.19. The van der Waals surface area contributed by atoms with Crippen molar-refractivity contribution in [2.45, 2.75) is 17.7 Å². The second-order valence-electron chi connectivity index (χ2n) is 4.21. The zero-order valence-corrected chi connectivity index (χ0v) is 11.9. The van der Waals surface area contributed by atoms with E-state index in [1.807, 2.05) is 0 Å². The Hall–Kier alpha value is -1.46. The van der Waals surface area contributed by atoms with Gasteiger partial charge in [0.15, 0.2) is 4.34 Å². The van der Waals surface area contributed by atoms with Crippen molar-refractivity contribution in [3.63, 3.8) is 0 Å². The van der Waals surface area contributed by atoms with Crippen LogP contribution < -0.4 is 0 Å². The minimum absolute atomic E-state index is 0.0777. The second kappa shape index (κ2) is 4.90. The maximum atomic E-state index is 12.3. The number of carbonyl (C=O) groups is 2. The van der Waals surface area contributed by atoms with Crippen molar-refractivity contribution >= 4 is 34.7 Å². The molecule has 96 valence electrons. The molecule has 0 N–H and O–H groups in total. The normalized spacial score (nSPS) is 13.3. The third-order valence-corrected chi connectivity index (χ3v) is 5.28. The molecule has 5 heteroatoms. The average Bonchev–Trinajstić information content (AvgIpc) is 2.87. The van der Waals surface area contributed by atoms with Gasteiger partial charge in [-0.2, -0.15) is 0 Å². The third-order valence-electron chi connectivity index (χ3n) is 2.87. The van der Waals surface area contributed by atoms with E-state index in [2.05, 4.69) is 11.9 Å². The minimum Gasteiger partial charge on any atom is -0.288 e. The summed E-state index contributed by atoms with van der Waals surface area (Å²) in [4.78, 5) is 29.5. The standard InChI is InChI=1S/C14H11NO2S2/c1-2-7-18-14-15-10-11(16)8-5-3-4-6-9(8)12(17)13(10)19-14/h3-6H,2,7H2,1H3. The van der Waals surface area contributed by atoms with Gasteiger partial charge in [-0.25, -0.2) is 4.98 Å². The summed E-state index contributed by atoms with van der Waals surface area (Å²) in [6, 6.07) is 6.95. The lowest BCUT2D eigenvalue weighted by molar-refractivity contribution is 0.0979. The van der Waals surface area contributed by atoms with Crippen LogP contribution in [-0.4, -0.2) is 22.3 Å². The molecule has 1 aliphatic rings. The molecule has 3 nitrogen and oxygen atoms in total. The molecule has 1 heterocycles. The summed E-state index contributed by atoms with van der Waals surface area (Å²) in [7, 11) is 0. The molecule has 0 unspecified atom stereocenters. The molecule has 0 aliphatic heterocycles. The van der Waals surface area contributed by atoms with E-state index in [-0.39, 0.29) is 11.6 Å². The number of hydrogen-bond acceptors (Lipinski definition) is 5. The molecular formula is C14H11NO2S2. The summed E-state index contributed by atoms with van der Waals surface area (Å²) in [5, 5.41) is 0. The number of ketones is 2. The quantitative estimate of drug-likeness (QED) is 0.693. The molecule has 19 heavy (non-hydrogen) atoms. The summed E-state index contributed by atoms with van der Waals surface area (Å²) in [6.07, 6.45) is 1.04. The topological polar surface area (TPSA) is 47.0 Å². The van der Waals surface area contributed by atoms with E-state index in [1.54, 1.807) is 36.0 Å². The van der Waals surface area contributed by atoms with Crippen molar-refractivity contribution < 1.29 is 9.59 Å². The molecule has 0 saturated carbocycles. The van der Waals surface area contributed by atoms with Crippen molar-refractivity contribution in [3.8, 4) is 0 Å². The van der Waals surface area contributed by atoms with Crippen molar-refractivity contribution in [3.05, 3.63) is 46.0 Å². The highest BCUT2D eigenvalue weighted by Crippen LogP contribution is 2.34. The molecule has 3 rings (SSSR count). The number of carbonyl (C=O) groups excluding carboxylic acids is 2. The number of thiazole rings is 1. The molecule has 0 spiro atoms. The Kier molecular flexibility index (Phi) is 3.24. The Morgan fingerprint density at radius 1 is 1.16 bits per heavy atom. The van der Waals surface area contributed by atoms with Crippen LogP contribution in [0.15, 0.2) is 28.6 Å². The first kappa shape index (κ1) is 12.6. The highest BCUT2D eigenvalue weighted by atomic mass is 32.2. The molecule has 1 aliphatic carbocycles. The lowest BCUT2D eigenvalue weighted by Gasteiger charge is -2.11. The Balaban J connectivity index is 2.07. The lowest BCUT2D eigenvalue weighted by atomic mass is 9.92. The Bertz CT molecular complexity index is 623. The van der Waals surface area contributed by atoms with Gasteiger partial charge in [0.25, 0.3) is 0 Å². The van der Waals surface area contributed by atoms with Crippen molar-refractivity contribution in [2.75, 3.05) is 5.75 Å². The first-order valence-electron chi connectivity index (χ1n) is 6.04. The number of hydrogen-bond donors (Lipinski definition) is 0. The molecular weight excluding hydrogens is 278 g/mol. The highest BCUT2D eigenvalue weighted by Gasteiger charge is 2.33. The van der Waals surface area contributed by atoms with Gasteiger partial charge in [0.2, 0.25) is 11.6 Å². The number of thioether (sulfide) groups is 1. The van der Waals surface area contributed by atoms with Crippen molar-refractivity contribution in [2.24, 2.45) is 0 Å². The van der Waals surface area contributed by atoms with Crippen LogP contribution in [0.5, 0.6) is 0 Å². The van der Waals surface area contributed by atoms with Gasteiger partial charge < -0.3 is 0 Å². The number of nitrogens with zero attached hydrogens (tertiary/aromatic N) is 1. The fraction of sp³-hybridized carbons (Fsp3) is 0.214. The SMILES string of the molecule is CCCSc1nc2c(s1)C(=O)c1ccccc1C2=O. The van der Waals surface area contributed by atoms with Crippen molar-refractivity contribution in [1.82, 2.24) is 4.98 Å². The molecule has 0 radical (unpaired) electrons. The Morgan fingerprint density at radius 2 is 1.84 bits per heavy atom. The third kappa shape index (κ3) is 2.03. The van der Waals surface area contributed by atoms with E-state index in [9.17, 15) is 9.59 Å². The van der Waals surface area contributed by atoms with Gasteiger partial charge >= 0.3 is 0 Å². The van der Waals surface area contributed by atoms with Gasteiger partial charge in [-0.05, 0) is 6.42 Å². The Labute approximate surface area is 119 Å². The summed E-state index contributed by atoms with van der Waals surface area (Å²) >= 11 is 2.93. The fourth-order valence-electron chi connectivity index (χ4n) is 1.99. The summed E-state index contributed by atoms with van der Waals surface area (Å²) in [6.45, 7) is 2.09. The zero-order chi connectivity index (χ0) is 13.4. The van der Waals surface area contributed by atoms with E-state index in [4.69, 9.17) is 0 Å². The zero-order valence-electron chi connectivity index (χ0n) is 10.3. The van der Waals surface area contributed by atoms with Crippen molar-refractivity contribution in [1.29, 1.82) is 0 Å². The summed E-state index contributed by atoms with van der Waals surface area (Å²) in [5.41, 5.74) is 1.29. The van der Waals surface area contributed by atoms with Gasteiger partial charge in [0.05, 0.1) is 0 Å². The van der Waals surface area contributed by atoms with Gasteiger partial charge in [-0.1, -0.05) is 43.0 Å². The molecule has 0 saturated heterocycles. The summed E-state index contributed by atoms with van der Waals surface area (Å²) in [5.74, 6) is 0.734. The fourth-order valence-corrected chi connectivity index (χ4v) is 4.01. The first-order valence-corrected chi connectivity index (χ1v) is 7.84. The minimum atomic E-state index is -0.134. The predicted molar refractivity (Wildman–Crippen MR) is 76.4 cm³/mol. The molecule has 0 fully saturated rings. The van der Waals surface area contributed by atoms with E-state index in [0.29, 0.717) is 21.7 Å². The van der Waals surface area contributed by atoms with E-state index in [0.717, 1.165) is 16.5 Å². The molecule has 1 aromatic heterocycles. The van der Waals surface area contributed by atoms with Crippen LogP contribution in [-0.2, 0) is 0 Å². The van der Waals surface area contributed by atoms with Gasteiger partial charge in [-0.3, -0.25) is 9.59 Å². The van der Waals surface area contributed by atoms with Crippen LogP contribution in [0, 0.1) is 0 Å². The molecule has 0 amide bonds. The number of benzene rings is 1. The number of aromatic nitrogens is 1. The van der Waals surface area contributed by atoms with Crippen LogP contribution in [0.4, 0.5) is 0 Å². The molecule has 2 aromatic rings. The van der Waals surface area contributed by atoms with Gasteiger partial charge in [0, 0.05) is 16.9 Å². The second-order valence-corrected chi connectivity index (χ2v) is 6.55. The summed E-state index contributed by atoms with van der Waals surface area (Å²) < 4.78 is 0.807. The monoisotopic (exact) mass is 289 g/mol. The largest absolute Gasteiger partial charge is 0.288 e. The predicted octanol–water partition coefficient (Wildman–Crippen LogP) is 3.42. The maximum absolute atomic E-state index is 12.3. The Morgan fingerprint density at radius 3 is 2.53 bits per heavy atom.